The third kappa shape index (κ3) is 50.8. The van der Waals surface area contributed by atoms with Crippen LogP contribution < -0.4 is 0 Å². The summed E-state index contributed by atoms with van der Waals surface area (Å²) >= 11 is 0. The molecular formula is C60H96O6. The van der Waals surface area contributed by atoms with Crippen LogP contribution in [-0.2, 0) is 28.6 Å². The van der Waals surface area contributed by atoms with E-state index >= 15 is 0 Å². The largest absolute Gasteiger partial charge is 0.462 e. The minimum absolute atomic E-state index is 0.0905. The number of ether oxygens (including phenoxy) is 3. The molecule has 1 atom stereocenters. The van der Waals surface area contributed by atoms with Crippen molar-refractivity contribution in [1.29, 1.82) is 0 Å². The van der Waals surface area contributed by atoms with Crippen molar-refractivity contribution in [2.45, 2.75) is 226 Å². The fourth-order valence-corrected chi connectivity index (χ4v) is 6.73. The Balaban J connectivity index is 4.09. The lowest BCUT2D eigenvalue weighted by atomic mass is 10.1. The highest BCUT2D eigenvalue weighted by atomic mass is 16.6. The molecule has 0 rings (SSSR count). The minimum Gasteiger partial charge on any atom is -0.462 e. The summed E-state index contributed by atoms with van der Waals surface area (Å²) in [5.41, 5.74) is 0. The van der Waals surface area contributed by atoms with Crippen molar-refractivity contribution in [3.05, 3.63) is 122 Å². The second-order valence-electron chi connectivity index (χ2n) is 17.1. The number of rotatable bonds is 46. The predicted molar refractivity (Wildman–Crippen MR) is 283 cm³/mol. The van der Waals surface area contributed by atoms with E-state index in [0.29, 0.717) is 19.3 Å². The van der Waals surface area contributed by atoms with Crippen molar-refractivity contribution >= 4 is 17.9 Å². The van der Waals surface area contributed by atoms with Crippen LogP contribution >= 0.6 is 0 Å². The Morgan fingerprint density at radius 3 is 1.00 bits per heavy atom. The summed E-state index contributed by atoms with van der Waals surface area (Å²) in [5.74, 6) is -0.945. The monoisotopic (exact) mass is 913 g/mol. The summed E-state index contributed by atoms with van der Waals surface area (Å²) in [6.07, 6.45) is 73.8. The van der Waals surface area contributed by atoms with Gasteiger partial charge in [-0.15, -0.1) is 0 Å². The van der Waals surface area contributed by atoms with Gasteiger partial charge in [-0.05, 0) is 109 Å². The normalized spacial score (nSPS) is 13.1. The third-order valence-corrected chi connectivity index (χ3v) is 10.7. The van der Waals surface area contributed by atoms with Gasteiger partial charge < -0.3 is 14.2 Å². The highest BCUT2D eigenvalue weighted by molar-refractivity contribution is 5.71. The number of hydrogen-bond acceptors (Lipinski definition) is 6. The van der Waals surface area contributed by atoms with Crippen LogP contribution in [0.2, 0.25) is 0 Å². The Morgan fingerprint density at radius 2 is 0.621 bits per heavy atom. The molecule has 0 heterocycles. The average molecular weight is 913 g/mol. The molecule has 0 spiro atoms. The first-order chi connectivity index (χ1) is 32.5. The number of allylic oxidation sites excluding steroid dienone is 20. The molecule has 0 saturated carbocycles. The van der Waals surface area contributed by atoms with Crippen LogP contribution in [0.4, 0.5) is 0 Å². The summed E-state index contributed by atoms with van der Waals surface area (Å²) in [6, 6.07) is 0. The van der Waals surface area contributed by atoms with Gasteiger partial charge in [0.2, 0.25) is 0 Å². The molecule has 0 aliphatic rings. The quantitative estimate of drug-likeness (QED) is 0.0262. The van der Waals surface area contributed by atoms with Crippen LogP contribution in [0.5, 0.6) is 0 Å². The minimum atomic E-state index is -0.787. The van der Waals surface area contributed by atoms with E-state index in [2.05, 4.69) is 142 Å². The van der Waals surface area contributed by atoms with E-state index < -0.39 is 6.10 Å². The Labute approximate surface area is 405 Å². The Hall–Kier alpha value is -4.19. The molecule has 0 aromatic heterocycles. The van der Waals surface area contributed by atoms with Gasteiger partial charge in [-0.2, -0.15) is 0 Å². The van der Waals surface area contributed by atoms with Crippen LogP contribution in [0, 0.1) is 0 Å². The van der Waals surface area contributed by atoms with E-state index in [1.807, 2.05) is 0 Å². The van der Waals surface area contributed by atoms with Gasteiger partial charge in [0, 0.05) is 19.3 Å². The predicted octanol–water partition coefficient (Wildman–Crippen LogP) is 17.7. The lowest BCUT2D eigenvalue weighted by molar-refractivity contribution is -0.167. The third-order valence-electron chi connectivity index (χ3n) is 10.7. The van der Waals surface area contributed by atoms with E-state index in [-0.39, 0.29) is 31.1 Å². The molecule has 66 heavy (non-hydrogen) atoms. The highest BCUT2D eigenvalue weighted by Gasteiger charge is 2.19. The molecule has 0 aliphatic carbocycles. The molecule has 0 saturated heterocycles. The van der Waals surface area contributed by atoms with Gasteiger partial charge in [0.15, 0.2) is 6.10 Å². The highest BCUT2D eigenvalue weighted by Crippen LogP contribution is 2.13. The maximum absolute atomic E-state index is 12.6. The molecule has 0 aromatic rings. The molecule has 0 N–H and O–H groups in total. The topological polar surface area (TPSA) is 78.9 Å². The molecule has 6 heteroatoms. The van der Waals surface area contributed by atoms with Gasteiger partial charge in [-0.3, -0.25) is 14.4 Å². The number of carbonyl (C=O) groups is 3. The van der Waals surface area contributed by atoms with Gasteiger partial charge >= 0.3 is 17.9 Å². The summed E-state index contributed by atoms with van der Waals surface area (Å²) in [6.45, 7) is 6.33. The molecule has 0 fully saturated rings. The molecule has 0 aliphatic heterocycles. The van der Waals surface area contributed by atoms with E-state index in [4.69, 9.17) is 14.2 Å². The van der Waals surface area contributed by atoms with Gasteiger partial charge in [-0.1, -0.05) is 213 Å². The molecular weight excluding hydrogens is 817 g/mol. The van der Waals surface area contributed by atoms with Crippen molar-refractivity contribution in [3.63, 3.8) is 0 Å². The zero-order valence-electron chi connectivity index (χ0n) is 42.4. The number of hydrogen-bond donors (Lipinski definition) is 0. The van der Waals surface area contributed by atoms with E-state index in [1.54, 1.807) is 0 Å². The summed E-state index contributed by atoms with van der Waals surface area (Å²) < 4.78 is 16.6. The first-order valence-electron chi connectivity index (χ1n) is 26.5. The maximum atomic E-state index is 12.6. The fraction of sp³-hybridized carbons (Fsp3) is 0.617. The van der Waals surface area contributed by atoms with E-state index in [9.17, 15) is 14.4 Å². The van der Waals surface area contributed by atoms with Crippen LogP contribution in [0.15, 0.2) is 122 Å². The van der Waals surface area contributed by atoms with Crippen molar-refractivity contribution in [2.24, 2.45) is 0 Å². The van der Waals surface area contributed by atoms with Gasteiger partial charge in [0.05, 0.1) is 0 Å². The Bertz CT molecular complexity index is 1420. The first kappa shape index (κ1) is 61.8. The van der Waals surface area contributed by atoms with Crippen LogP contribution in [0.25, 0.3) is 0 Å². The molecule has 0 amide bonds. The average Bonchev–Trinajstić information content (AvgIpc) is 3.31. The Morgan fingerprint density at radius 1 is 0.318 bits per heavy atom. The maximum Gasteiger partial charge on any atom is 0.306 e. The van der Waals surface area contributed by atoms with Gasteiger partial charge in [0.25, 0.3) is 0 Å². The fourth-order valence-electron chi connectivity index (χ4n) is 6.73. The zero-order valence-corrected chi connectivity index (χ0v) is 42.4. The Kier molecular flexibility index (Phi) is 50.0. The second kappa shape index (κ2) is 53.4. The van der Waals surface area contributed by atoms with Gasteiger partial charge in [-0.25, -0.2) is 0 Å². The van der Waals surface area contributed by atoms with Gasteiger partial charge in [0.1, 0.15) is 13.2 Å². The second-order valence-corrected chi connectivity index (χ2v) is 17.1. The zero-order chi connectivity index (χ0) is 47.9. The molecule has 1 unspecified atom stereocenters. The first-order valence-corrected chi connectivity index (χ1v) is 26.5. The van der Waals surface area contributed by atoms with E-state index in [1.165, 1.54) is 12.8 Å². The standard InChI is InChI=1S/C60H96O6/c1-4-7-10-13-15-17-19-20-21-22-23-24-25-26-27-28-29-30-31-32-33-34-35-36-37-38-39-40-41-43-44-47-50-53-59(62)65-56-57(55-64-58(61)52-49-46-12-9-6-3)66-60(63)54-51-48-45-42-18-16-14-11-8-5-2/h7,10-11,14-15,17,20-21,23-24,26-27,29-30,32-33,35-36,38-39,57H,4-6,8-9,12-13,16,18-19,22,25,28,31,34,37,40-56H2,1-3H3/b10-7-,14-11-,17-15-,21-20-,24-23-,27-26-,30-29-,33-32-,36-35-,39-38-. The summed E-state index contributed by atoms with van der Waals surface area (Å²) in [4.78, 5) is 37.5. The summed E-state index contributed by atoms with van der Waals surface area (Å²) in [5, 5.41) is 0. The molecule has 0 bridgehead atoms. The number of unbranched alkanes of at least 4 members (excludes halogenated alkanes) is 15. The van der Waals surface area contributed by atoms with Crippen LogP contribution in [0.3, 0.4) is 0 Å². The lowest BCUT2D eigenvalue weighted by Gasteiger charge is -2.18. The molecule has 6 nitrogen and oxygen atoms in total. The number of esters is 3. The molecule has 0 aromatic carbocycles. The number of carbonyl (C=O) groups excluding carboxylic acids is 3. The van der Waals surface area contributed by atoms with Crippen LogP contribution in [-0.4, -0.2) is 37.2 Å². The van der Waals surface area contributed by atoms with E-state index in [0.717, 1.165) is 167 Å². The van der Waals surface area contributed by atoms with Crippen molar-refractivity contribution < 1.29 is 28.6 Å². The van der Waals surface area contributed by atoms with Crippen molar-refractivity contribution in [1.82, 2.24) is 0 Å². The molecule has 372 valence electrons. The SMILES string of the molecule is CC/C=C\C/C=C\C/C=C\C/C=C\C/C=C\C/C=C\C/C=C\C/C=C\C/C=C\CCCCCCCC(=O)OCC(COC(=O)CCCCCCC)OC(=O)CCCCCCC/C=C\CCC. The van der Waals surface area contributed by atoms with Crippen molar-refractivity contribution in [3.8, 4) is 0 Å². The van der Waals surface area contributed by atoms with Crippen LogP contribution in [0.1, 0.15) is 220 Å². The molecule has 0 radical (unpaired) electrons. The smallest absolute Gasteiger partial charge is 0.306 e. The van der Waals surface area contributed by atoms with Crippen molar-refractivity contribution in [2.75, 3.05) is 13.2 Å². The lowest BCUT2D eigenvalue weighted by Crippen LogP contribution is -2.30. The summed E-state index contributed by atoms with van der Waals surface area (Å²) in [7, 11) is 0.